The van der Waals surface area contributed by atoms with Gasteiger partial charge in [0.1, 0.15) is 0 Å². The van der Waals surface area contributed by atoms with Gasteiger partial charge in [-0.3, -0.25) is 19.4 Å². The van der Waals surface area contributed by atoms with E-state index in [0.29, 0.717) is 16.8 Å². The van der Waals surface area contributed by atoms with E-state index in [1.807, 2.05) is 0 Å². The number of hydrogen-bond donors (Lipinski definition) is 2. The number of primary amides is 1. The Morgan fingerprint density at radius 3 is 2.32 bits per heavy atom. The predicted molar refractivity (Wildman–Crippen MR) is 81.4 cm³/mol. The lowest BCUT2D eigenvalue weighted by Crippen LogP contribution is -2.14. The fraction of sp³-hybridized carbons (Fsp3) is 0.125. The topological polar surface area (TPSA) is 102 Å². The molecule has 0 radical (unpaired) electrons. The van der Waals surface area contributed by atoms with E-state index in [0.717, 1.165) is 0 Å². The third kappa shape index (κ3) is 4.24. The van der Waals surface area contributed by atoms with Crippen LogP contribution in [0.5, 0.6) is 0 Å². The molecule has 1 aromatic carbocycles. The minimum absolute atomic E-state index is 0.0747. The molecule has 1 heterocycles. The number of carbonyl (C=O) groups is 3. The zero-order valence-electron chi connectivity index (χ0n) is 11.8. The maximum Gasteiger partial charge on any atom is 0.248 e. The number of nitrogens with zero attached hydrogens (tertiary/aromatic N) is 1. The molecule has 0 unspecified atom stereocenters. The first-order valence-corrected chi connectivity index (χ1v) is 6.69. The first-order chi connectivity index (χ1) is 10.6. The van der Waals surface area contributed by atoms with E-state index in [4.69, 9.17) is 5.73 Å². The Bertz CT molecular complexity index is 682. The number of amides is 2. The van der Waals surface area contributed by atoms with Crippen LogP contribution in [0.2, 0.25) is 0 Å². The van der Waals surface area contributed by atoms with Gasteiger partial charge in [-0.05, 0) is 36.4 Å². The van der Waals surface area contributed by atoms with Crippen LogP contribution in [0.25, 0.3) is 0 Å². The molecule has 112 valence electrons. The van der Waals surface area contributed by atoms with Gasteiger partial charge in [0, 0.05) is 42.0 Å². The number of rotatable bonds is 6. The molecule has 6 nitrogen and oxygen atoms in total. The van der Waals surface area contributed by atoms with Crippen molar-refractivity contribution in [1.82, 2.24) is 4.98 Å². The first kappa shape index (κ1) is 15.4. The Morgan fingerprint density at radius 1 is 1.00 bits per heavy atom. The van der Waals surface area contributed by atoms with Gasteiger partial charge in [-0.25, -0.2) is 0 Å². The highest BCUT2D eigenvalue weighted by atomic mass is 16.2. The molecule has 22 heavy (non-hydrogen) atoms. The second-order valence-electron chi connectivity index (χ2n) is 4.65. The van der Waals surface area contributed by atoms with Gasteiger partial charge in [0.05, 0.1) is 0 Å². The van der Waals surface area contributed by atoms with Crippen molar-refractivity contribution in [2.45, 2.75) is 12.8 Å². The van der Waals surface area contributed by atoms with Crippen LogP contribution in [0.4, 0.5) is 5.69 Å². The highest BCUT2D eigenvalue weighted by Crippen LogP contribution is 2.10. The minimum Gasteiger partial charge on any atom is -0.366 e. The minimum atomic E-state index is -0.528. The third-order valence-electron chi connectivity index (χ3n) is 3.02. The van der Waals surface area contributed by atoms with E-state index in [1.165, 1.54) is 18.3 Å². The molecule has 0 saturated carbocycles. The molecule has 3 N–H and O–H groups in total. The van der Waals surface area contributed by atoms with Gasteiger partial charge in [0.15, 0.2) is 5.78 Å². The fourth-order valence-corrected chi connectivity index (χ4v) is 1.84. The molecule has 0 aliphatic carbocycles. The molecule has 0 atom stereocenters. The van der Waals surface area contributed by atoms with E-state index in [2.05, 4.69) is 10.3 Å². The van der Waals surface area contributed by atoms with E-state index >= 15 is 0 Å². The van der Waals surface area contributed by atoms with Crippen molar-refractivity contribution in [1.29, 1.82) is 0 Å². The predicted octanol–water partition coefficient (Wildman–Crippen LogP) is 1.78. The highest BCUT2D eigenvalue weighted by Gasteiger charge is 2.10. The summed E-state index contributed by atoms with van der Waals surface area (Å²) in [5, 5.41) is 2.66. The van der Waals surface area contributed by atoms with Crippen molar-refractivity contribution in [3.63, 3.8) is 0 Å². The monoisotopic (exact) mass is 297 g/mol. The number of anilines is 1. The van der Waals surface area contributed by atoms with Crippen molar-refractivity contribution in [3.8, 4) is 0 Å². The largest absolute Gasteiger partial charge is 0.366 e. The maximum absolute atomic E-state index is 11.8. The van der Waals surface area contributed by atoms with E-state index in [-0.39, 0.29) is 24.5 Å². The van der Waals surface area contributed by atoms with Crippen molar-refractivity contribution >= 4 is 23.3 Å². The summed E-state index contributed by atoms with van der Waals surface area (Å²) >= 11 is 0. The Kier molecular flexibility index (Phi) is 4.98. The van der Waals surface area contributed by atoms with Crippen LogP contribution in [-0.2, 0) is 4.79 Å². The van der Waals surface area contributed by atoms with Crippen molar-refractivity contribution < 1.29 is 14.4 Å². The lowest BCUT2D eigenvalue weighted by molar-refractivity contribution is -0.116. The zero-order chi connectivity index (χ0) is 15.9. The lowest BCUT2D eigenvalue weighted by Gasteiger charge is -2.05. The smallest absolute Gasteiger partial charge is 0.248 e. The fourth-order valence-electron chi connectivity index (χ4n) is 1.84. The van der Waals surface area contributed by atoms with Crippen LogP contribution in [0.3, 0.4) is 0 Å². The van der Waals surface area contributed by atoms with Crippen molar-refractivity contribution in [3.05, 3.63) is 59.9 Å². The number of carbonyl (C=O) groups excluding carboxylic acids is 3. The second kappa shape index (κ2) is 7.12. The van der Waals surface area contributed by atoms with E-state index < -0.39 is 5.91 Å². The summed E-state index contributed by atoms with van der Waals surface area (Å²) in [4.78, 5) is 38.4. The third-order valence-corrected chi connectivity index (χ3v) is 3.02. The number of aromatic nitrogens is 1. The molecule has 6 heteroatoms. The summed E-state index contributed by atoms with van der Waals surface area (Å²) < 4.78 is 0. The zero-order valence-corrected chi connectivity index (χ0v) is 11.8. The van der Waals surface area contributed by atoms with Crippen molar-refractivity contribution in [2.24, 2.45) is 5.73 Å². The molecule has 2 rings (SSSR count). The molecule has 0 aliphatic rings. The summed E-state index contributed by atoms with van der Waals surface area (Å²) in [6, 6.07) is 9.56. The van der Waals surface area contributed by atoms with Crippen LogP contribution in [0, 0.1) is 0 Å². The molecule has 0 spiro atoms. The molecular weight excluding hydrogens is 282 g/mol. The van der Waals surface area contributed by atoms with Gasteiger partial charge in [0.2, 0.25) is 11.8 Å². The summed E-state index contributed by atoms with van der Waals surface area (Å²) in [6.45, 7) is 0. The molecule has 0 bridgehead atoms. The maximum atomic E-state index is 11.8. The number of Topliss-reactive ketones (excluding diaryl/α,β-unsaturated/α-hetero) is 1. The Morgan fingerprint density at radius 2 is 1.73 bits per heavy atom. The van der Waals surface area contributed by atoms with Gasteiger partial charge in [-0.1, -0.05) is 0 Å². The molecule has 0 aliphatic heterocycles. The standard InChI is InChI=1S/C16H15N3O3/c17-16(22)11-3-5-13(6-4-11)19-15(21)8-7-14(20)12-2-1-9-18-10-12/h1-6,9-10H,7-8H2,(H2,17,22)(H,19,21). The van der Waals surface area contributed by atoms with Gasteiger partial charge in [-0.15, -0.1) is 0 Å². The lowest BCUT2D eigenvalue weighted by atomic mass is 10.1. The van der Waals surface area contributed by atoms with Crippen molar-refractivity contribution in [2.75, 3.05) is 5.32 Å². The van der Waals surface area contributed by atoms with Crippen LogP contribution >= 0.6 is 0 Å². The van der Waals surface area contributed by atoms with E-state index in [1.54, 1.807) is 30.5 Å². The van der Waals surface area contributed by atoms with Crippen LogP contribution in [-0.4, -0.2) is 22.6 Å². The Labute approximate surface area is 127 Å². The van der Waals surface area contributed by atoms with E-state index in [9.17, 15) is 14.4 Å². The normalized spacial score (nSPS) is 10.0. The average molecular weight is 297 g/mol. The highest BCUT2D eigenvalue weighted by molar-refractivity contribution is 6.00. The summed E-state index contributed by atoms with van der Waals surface area (Å²) in [5.74, 6) is -0.934. The summed E-state index contributed by atoms with van der Waals surface area (Å²) in [7, 11) is 0. The number of nitrogens with two attached hydrogens (primary N) is 1. The Balaban J connectivity index is 1.85. The van der Waals surface area contributed by atoms with Gasteiger partial charge in [0.25, 0.3) is 0 Å². The van der Waals surface area contributed by atoms with Crippen LogP contribution in [0.15, 0.2) is 48.8 Å². The summed E-state index contributed by atoms with van der Waals surface area (Å²) in [5.41, 5.74) is 6.53. The summed E-state index contributed by atoms with van der Waals surface area (Å²) in [6.07, 6.45) is 3.24. The number of benzene rings is 1. The van der Waals surface area contributed by atoms with Gasteiger partial charge < -0.3 is 11.1 Å². The molecule has 1 aromatic heterocycles. The molecule has 0 fully saturated rings. The first-order valence-electron chi connectivity index (χ1n) is 6.69. The number of ketones is 1. The number of nitrogens with one attached hydrogen (secondary N) is 1. The quantitative estimate of drug-likeness (QED) is 0.793. The molecular formula is C16H15N3O3. The van der Waals surface area contributed by atoms with Crippen LogP contribution in [0.1, 0.15) is 33.6 Å². The van der Waals surface area contributed by atoms with Gasteiger partial charge in [-0.2, -0.15) is 0 Å². The SMILES string of the molecule is NC(=O)c1ccc(NC(=O)CCC(=O)c2cccnc2)cc1. The number of pyridine rings is 1. The number of hydrogen-bond acceptors (Lipinski definition) is 4. The Hall–Kier alpha value is -3.02. The van der Waals surface area contributed by atoms with Gasteiger partial charge >= 0.3 is 0 Å². The molecule has 0 saturated heterocycles. The second-order valence-corrected chi connectivity index (χ2v) is 4.65. The molecule has 2 aromatic rings. The average Bonchev–Trinajstić information content (AvgIpc) is 2.54. The van der Waals surface area contributed by atoms with Crippen LogP contribution < -0.4 is 11.1 Å². The molecule has 2 amide bonds.